The van der Waals surface area contributed by atoms with Crippen molar-refractivity contribution in [2.45, 2.75) is 32.2 Å². The molecule has 2 aromatic rings. The first-order chi connectivity index (χ1) is 9.22. The third-order valence-corrected chi connectivity index (χ3v) is 3.87. The zero-order valence-electron chi connectivity index (χ0n) is 11.2. The van der Waals surface area contributed by atoms with Gasteiger partial charge in [-0.3, -0.25) is 0 Å². The van der Waals surface area contributed by atoms with Crippen LogP contribution in [0, 0.1) is 0 Å². The van der Waals surface area contributed by atoms with Crippen LogP contribution in [-0.2, 0) is 12.8 Å². The Morgan fingerprint density at radius 2 is 1.74 bits per heavy atom. The standard InChI is InChI=1S/C17H19NO/c1-12(13-6-9-17(19)10-7-13)18-16-8-5-14-3-2-4-15(14)11-16/h5-12,18-19H,2-4H2,1H3. The molecule has 1 aliphatic carbocycles. The average molecular weight is 253 g/mol. The van der Waals surface area contributed by atoms with Crippen LogP contribution in [0.4, 0.5) is 5.69 Å². The van der Waals surface area contributed by atoms with Crippen LogP contribution in [-0.4, -0.2) is 5.11 Å². The summed E-state index contributed by atoms with van der Waals surface area (Å²) in [6, 6.07) is 14.3. The van der Waals surface area contributed by atoms with E-state index in [-0.39, 0.29) is 6.04 Å². The zero-order valence-corrected chi connectivity index (χ0v) is 11.2. The molecule has 0 bridgehead atoms. The number of nitrogens with one attached hydrogen (secondary N) is 1. The van der Waals surface area contributed by atoms with Crippen molar-refractivity contribution in [1.29, 1.82) is 0 Å². The lowest BCUT2D eigenvalue weighted by molar-refractivity contribution is 0.475. The molecule has 0 fully saturated rings. The maximum Gasteiger partial charge on any atom is 0.115 e. The highest BCUT2D eigenvalue weighted by Gasteiger charge is 2.12. The molecule has 2 N–H and O–H groups in total. The molecular formula is C17H19NO. The van der Waals surface area contributed by atoms with Gasteiger partial charge in [0.1, 0.15) is 5.75 Å². The molecule has 0 saturated carbocycles. The molecule has 0 heterocycles. The lowest BCUT2D eigenvalue weighted by Crippen LogP contribution is -2.06. The molecule has 0 amide bonds. The summed E-state index contributed by atoms with van der Waals surface area (Å²) in [5, 5.41) is 12.8. The number of fused-ring (bicyclic) bond motifs is 1. The van der Waals surface area contributed by atoms with Gasteiger partial charge in [-0.1, -0.05) is 18.2 Å². The average Bonchev–Trinajstić information content (AvgIpc) is 2.87. The highest BCUT2D eigenvalue weighted by Crippen LogP contribution is 2.27. The van der Waals surface area contributed by atoms with Crippen LogP contribution in [0.3, 0.4) is 0 Å². The minimum absolute atomic E-state index is 0.236. The Morgan fingerprint density at radius 3 is 2.53 bits per heavy atom. The topological polar surface area (TPSA) is 32.3 Å². The third-order valence-electron chi connectivity index (χ3n) is 3.87. The molecule has 0 spiro atoms. The van der Waals surface area contributed by atoms with E-state index in [2.05, 4.69) is 30.4 Å². The molecule has 0 saturated heterocycles. The van der Waals surface area contributed by atoms with Crippen LogP contribution in [0.5, 0.6) is 5.75 Å². The Labute approximate surface area is 114 Å². The number of phenolic OH excluding ortho intramolecular Hbond substituents is 1. The first-order valence-corrected chi connectivity index (χ1v) is 6.89. The Balaban J connectivity index is 1.75. The molecular weight excluding hydrogens is 234 g/mol. The van der Waals surface area contributed by atoms with E-state index in [1.54, 1.807) is 12.1 Å². The van der Waals surface area contributed by atoms with E-state index >= 15 is 0 Å². The fourth-order valence-corrected chi connectivity index (χ4v) is 2.76. The second kappa shape index (κ2) is 4.96. The van der Waals surface area contributed by atoms with Gasteiger partial charge in [-0.05, 0) is 67.1 Å². The molecule has 1 unspecified atom stereocenters. The van der Waals surface area contributed by atoms with E-state index in [1.165, 1.54) is 41.6 Å². The van der Waals surface area contributed by atoms with Gasteiger partial charge in [-0.2, -0.15) is 0 Å². The first-order valence-electron chi connectivity index (χ1n) is 6.89. The van der Waals surface area contributed by atoms with Crippen LogP contribution < -0.4 is 5.32 Å². The number of aromatic hydroxyl groups is 1. The summed E-state index contributed by atoms with van der Waals surface area (Å²) in [5.41, 5.74) is 5.35. The highest BCUT2D eigenvalue weighted by molar-refractivity contribution is 5.51. The number of aryl methyl sites for hydroxylation is 2. The fraction of sp³-hybridized carbons (Fsp3) is 0.294. The predicted molar refractivity (Wildman–Crippen MR) is 78.6 cm³/mol. The van der Waals surface area contributed by atoms with Crippen molar-refractivity contribution in [3.8, 4) is 5.75 Å². The normalized spacial score (nSPS) is 15.0. The van der Waals surface area contributed by atoms with Crippen LogP contribution in [0.25, 0.3) is 0 Å². The molecule has 0 radical (unpaired) electrons. The van der Waals surface area contributed by atoms with Crippen molar-refractivity contribution in [3.05, 3.63) is 59.2 Å². The summed E-state index contributed by atoms with van der Waals surface area (Å²) < 4.78 is 0. The van der Waals surface area contributed by atoms with E-state index in [0.29, 0.717) is 5.75 Å². The van der Waals surface area contributed by atoms with Gasteiger partial charge < -0.3 is 10.4 Å². The van der Waals surface area contributed by atoms with Crippen molar-refractivity contribution in [2.75, 3.05) is 5.32 Å². The number of hydrogen-bond acceptors (Lipinski definition) is 2. The van der Waals surface area contributed by atoms with Crippen molar-refractivity contribution < 1.29 is 5.11 Å². The largest absolute Gasteiger partial charge is 0.508 e. The molecule has 2 nitrogen and oxygen atoms in total. The molecule has 1 atom stereocenters. The van der Waals surface area contributed by atoms with E-state index in [0.717, 1.165) is 0 Å². The second-order valence-electron chi connectivity index (χ2n) is 5.29. The molecule has 0 aromatic heterocycles. The molecule has 2 aromatic carbocycles. The summed E-state index contributed by atoms with van der Waals surface area (Å²) in [7, 11) is 0. The van der Waals surface area contributed by atoms with E-state index in [4.69, 9.17) is 0 Å². The molecule has 3 rings (SSSR count). The van der Waals surface area contributed by atoms with E-state index < -0.39 is 0 Å². The van der Waals surface area contributed by atoms with E-state index in [9.17, 15) is 5.11 Å². The van der Waals surface area contributed by atoms with Gasteiger partial charge in [0.25, 0.3) is 0 Å². The molecule has 2 heteroatoms. The van der Waals surface area contributed by atoms with Gasteiger partial charge in [-0.15, -0.1) is 0 Å². The molecule has 98 valence electrons. The van der Waals surface area contributed by atoms with Crippen LogP contribution in [0.1, 0.15) is 36.1 Å². The number of rotatable bonds is 3. The molecule has 0 aliphatic heterocycles. The van der Waals surface area contributed by atoms with Gasteiger partial charge in [0, 0.05) is 11.7 Å². The molecule has 19 heavy (non-hydrogen) atoms. The van der Waals surface area contributed by atoms with Crippen LogP contribution in [0.15, 0.2) is 42.5 Å². The van der Waals surface area contributed by atoms with Crippen molar-refractivity contribution in [3.63, 3.8) is 0 Å². The number of hydrogen-bond donors (Lipinski definition) is 2. The smallest absolute Gasteiger partial charge is 0.115 e. The summed E-state index contributed by atoms with van der Waals surface area (Å²) in [6.45, 7) is 2.14. The van der Waals surface area contributed by atoms with Gasteiger partial charge in [-0.25, -0.2) is 0 Å². The number of benzene rings is 2. The Hall–Kier alpha value is -1.96. The Bertz CT molecular complexity index is 574. The van der Waals surface area contributed by atoms with Crippen LogP contribution >= 0.6 is 0 Å². The van der Waals surface area contributed by atoms with Gasteiger partial charge in [0.2, 0.25) is 0 Å². The Kier molecular flexibility index (Phi) is 3.16. The summed E-state index contributed by atoms with van der Waals surface area (Å²) >= 11 is 0. The number of anilines is 1. The first kappa shape index (κ1) is 12.1. The lowest BCUT2D eigenvalue weighted by atomic mass is 10.1. The summed E-state index contributed by atoms with van der Waals surface area (Å²) in [5.74, 6) is 0.313. The lowest BCUT2D eigenvalue weighted by Gasteiger charge is -2.16. The second-order valence-corrected chi connectivity index (χ2v) is 5.29. The van der Waals surface area contributed by atoms with Crippen molar-refractivity contribution in [1.82, 2.24) is 0 Å². The maximum atomic E-state index is 9.31. The predicted octanol–water partition coefficient (Wildman–Crippen LogP) is 4.05. The van der Waals surface area contributed by atoms with Gasteiger partial charge in [0.15, 0.2) is 0 Å². The maximum absolute atomic E-state index is 9.31. The SMILES string of the molecule is CC(Nc1ccc2c(c1)CCC2)c1ccc(O)cc1. The number of phenols is 1. The van der Waals surface area contributed by atoms with Gasteiger partial charge in [0.05, 0.1) is 0 Å². The van der Waals surface area contributed by atoms with Crippen molar-refractivity contribution >= 4 is 5.69 Å². The minimum atomic E-state index is 0.236. The third kappa shape index (κ3) is 2.58. The fourth-order valence-electron chi connectivity index (χ4n) is 2.76. The van der Waals surface area contributed by atoms with Gasteiger partial charge >= 0.3 is 0 Å². The monoisotopic (exact) mass is 253 g/mol. The summed E-state index contributed by atoms with van der Waals surface area (Å²) in [6.07, 6.45) is 3.72. The van der Waals surface area contributed by atoms with E-state index in [1.807, 2.05) is 12.1 Å². The highest BCUT2D eigenvalue weighted by atomic mass is 16.3. The molecule has 1 aliphatic rings. The Morgan fingerprint density at radius 1 is 1.00 bits per heavy atom. The quantitative estimate of drug-likeness (QED) is 0.864. The van der Waals surface area contributed by atoms with Crippen LogP contribution in [0.2, 0.25) is 0 Å². The van der Waals surface area contributed by atoms with Crippen molar-refractivity contribution in [2.24, 2.45) is 0 Å². The summed E-state index contributed by atoms with van der Waals surface area (Å²) in [4.78, 5) is 0. The minimum Gasteiger partial charge on any atom is -0.508 e. The zero-order chi connectivity index (χ0) is 13.2.